The van der Waals surface area contributed by atoms with Crippen molar-refractivity contribution in [1.29, 1.82) is 0 Å². The minimum Gasteiger partial charge on any atom is -0.207 e. The lowest BCUT2D eigenvalue weighted by molar-refractivity contribution is 0.499. The van der Waals surface area contributed by atoms with E-state index in [2.05, 4.69) is 36.6 Å². The molecule has 0 aromatic heterocycles. The van der Waals surface area contributed by atoms with E-state index in [1.807, 2.05) is 0 Å². The molecule has 0 aliphatic heterocycles. The largest absolute Gasteiger partial charge is 0.244 e. The van der Waals surface area contributed by atoms with Gasteiger partial charge in [0.15, 0.2) is 0 Å². The smallest absolute Gasteiger partial charge is 0.207 e. The van der Waals surface area contributed by atoms with E-state index in [0.29, 0.717) is 16.7 Å². The summed E-state index contributed by atoms with van der Waals surface area (Å²) in [4.78, 5) is -0.572. The third-order valence-electron chi connectivity index (χ3n) is 2.15. The molecule has 0 unspecified atom stereocenters. The Hall–Kier alpha value is -0.0500. The number of rotatable bonds is 5. The van der Waals surface area contributed by atoms with Crippen LogP contribution in [0.15, 0.2) is 23.1 Å². The molecule has 0 aliphatic rings. The predicted molar refractivity (Wildman–Crippen MR) is 72.7 cm³/mol. The fourth-order valence-corrected chi connectivity index (χ4v) is 4.21. The summed E-state index contributed by atoms with van der Waals surface area (Å²) < 4.78 is 52.5. The van der Waals surface area contributed by atoms with Crippen molar-refractivity contribution in [3.8, 4) is 0 Å². The highest BCUT2D eigenvalue weighted by Crippen LogP contribution is 2.20. The molecule has 0 amide bonds. The third kappa shape index (κ3) is 3.72. The average molecular weight is 407 g/mol. The zero-order chi connectivity index (χ0) is 14.0. The second-order valence-electron chi connectivity index (χ2n) is 4.01. The van der Waals surface area contributed by atoms with Gasteiger partial charge < -0.3 is 0 Å². The molecule has 0 fully saturated rings. The molecule has 0 radical (unpaired) electrons. The van der Waals surface area contributed by atoms with Crippen molar-refractivity contribution >= 4 is 41.9 Å². The number of sulfonamides is 1. The molecule has 1 aromatic rings. The second-order valence-corrected chi connectivity index (χ2v) is 6.78. The molecular weight excluding hydrogens is 396 g/mol. The zero-order valence-electron chi connectivity index (χ0n) is 9.38. The van der Waals surface area contributed by atoms with E-state index >= 15 is 0 Å². The van der Waals surface area contributed by atoms with Gasteiger partial charge >= 0.3 is 0 Å². The van der Waals surface area contributed by atoms with Crippen LogP contribution in [0.5, 0.6) is 0 Å². The Morgan fingerprint density at radius 1 is 1.28 bits per heavy atom. The summed E-state index contributed by atoms with van der Waals surface area (Å²) in [5.74, 6) is -1.94. The van der Waals surface area contributed by atoms with E-state index in [4.69, 9.17) is 0 Å². The molecule has 1 aromatic carbocycles. The van der Waals surface area contributed by atoms with E-state index in [1.165, 1.54) is 0 Å². The molecule has 0 aliphatic carbocycles. The van der Waals surface area contributed by atoms with E-state index in [1.54, 1.807) is 6.92 Å². The van der Waals surface area contributed by atoms with Crippen LogP contribution in [0.2, 0.25) is 0 Å². The molecule has 0 atom stereocenters. The molecule has 18 heavy (non-hydrogen) atoms. The first-order valence-electron chi connectivity index (χ1n) is 4.85. The van der Waals surface area contributed by atoms with Gasteiger partial charge in [-0.3, -0.25) is 0 Å². The van der Waals surface area contributed by atoms with Crippen molar-refractivity contribution in [1.82, 2.24) is 4.72 Å². The van der Waals surface area contributed by atoms with Gasteiger partial charge in [0, 0.05) is 22.3 Å². The molecule has 8 heteroatoms. The van der Waals surface area contributed by atoms with Crippen LogP contribution in [-0.4, -0.2) is 24.6 Å². The van der Waals surface area contributed by atoms with Crippen LogP contribution in [0.3, 0.4) is 0 Å². The maximum absolute atomic E-state index is 13.4. The van der Waals surface area contributed by atoms with Gasteiger partial charge in [-0.25, -0.2) is 21.9 Å². The van der Waals surface area contributed by atoms with E-state index < -0.39 is 32.1 Å². The lowest BCUT2D eigenvalue weighted by Crippen LogP contribution is -2.48. The molecule has 0 heterocycles. The summed E-state index contributed by atoms with van der Waals surface area (Å²) in [6, 6.07) is 2.33. The summed E-state index contributed by atoms with van der Waals surface area (Å²) in [7, 11) is -4.04. The standard InChI is InChI=1S/C10H11Br2F2NO2S/c1-10(5-11,6-12)15-18(16,17)9-3-2-7(13)4-8(9)14/h2-4,15H,5-6H2,1H3. The van der Waals surface area contributed by atoms with Crippen molar-refractivity contribution in [3.05, 3.63) is 29.8 Å². The maximum Gasteiger partial charge on any atom is 0.244 e. The second kappa shape index (κ2) is 5.94. The van der Waals surface area contributed by atoms with Gasteiger partial charge in [0.25, 0.3) is 0 Å². The van der Waals surface area contributed by atoms with Crippen LogP contribution in [0.1, 0.15) is 6.92 Å². The summed E-state index contributed by atoms with van der Waals surface area (Å²) in [5.41, 5.74) is -0.806. The zero-order valence-corrected chi connectivity index (χ0v) is 13.4. The molecule has 0 saturated carbocycles. The van der Waals surface area contributed by atoms with Gasteiger partial charge in [0.1, 0.15) is 16.5 Å². The monoisotopic (exact) mass is 405 g/mol. The fraction of sp³-hybridized carbons (Fsp3) is 0.400. The highest BCUT2D eigenvalue weighted by molar-refractivity contribution is 9.09. The Kier molecular flexibility index (Phi) is 5.28. The summed E-state index contributed by atoms with van der Waals surface area (Å²) in [5, 5.41) is 0.681. The van der Waals surface area contributed by atoms with Crippen molar-refractivity contribution < 1.29 is 17.2 Å². The van der Waals surface area contributed by atoms with Crippen molar-refractivity contribution in [2.45, 2.75) is 17.4 Å². The number of benzene rings is 1. The molecule has 102 valence electrons. The maximum atomic E-state index is 13.4. The molecule has 3 nitrogen and oxygen atoms in total. The van der Waals surface area contributed by atoms with Gasteiger partial charge in [-0.2, -0.15) is 0 Å². The first kappa shape index (κ1) is 16.0. The van der Waals surface area contributed by atoms with Crippen LogP contribution < -0.4 is 4.72 Å². The van der Waals surface area contributed by atoms with Gasteiger partial charge in [-0.05, 0) is 19.1 Å². The van der Waals surface area contributed by atoms with Crippen molar-refractivity contribution in [2.24, 2.45) is 0 Å². The molecule has 0 spiro atoms. The fourth-order valence-electron chi connectivity index (χ4n) is 1.16. The van der Waals surface area contributed by atoms with Crippen LogP contribution in [-0.2, 0) is 10.0 Å². The lowest BCUT2D eigenvalue weighted by Gasteiger charge is -2.26. The SMILES string of the molecule is CC(CBr)(CBr)NS(=O)(=O)c1ccc(F)cc1F. The Bertz CT molecular complexity index is 533. The number of alkyl halides is 2. The lowest BCUT2D eigenvalue weighted by atomic mass is 10.1. The highest BCUT2D eigenvalue weighted by Gasteiger charge is 2.30. The van der Waals surface area contributed by atoms with E-state index in [-0.39, 0.29) is 0 Å². The Morgan fingerprint density at radius 3 is 2.28 bits per heavy atom. The summed E-state index contributed by atoms with van der Waals surface area (Å²) in [6.45, 7) is 1.65. The van der Waals surface area contributed by atoms with E-state index in [9.17, 15) is 17.2 Å². The Labute approximate surface area is 121 Å². The topological polar surface area (TPSA) is 46.2 Å². The molecule has 0 saturated heterocycles. The Morgan fingerprint density at radius 2 is 1.83 bits per heavy atom. The average Bonchev–Trinajstić information content (AvgIpc) is 2.27. The molecule has 0 bridgehead atoms. The van der Waals surface area contributed by atoms with Crippen LogP contribution >= 0.6 is 31.9 Å². The van der Waals surface area contributed by atoms with Gasteiger partial charge in [-0.15, -0.1) is 0 Å². The predicted octanol–water partition coefficient (Wildman–Crippen LogP) is 2.79. The van der Waals surface area contributed by atoms with Crippen molar-refractivity contribution in [2.75, 3.05) is 10.7 Å². The first-order valence-corrected chi connectivity index (χ1v) is 8.58. The van der Waals surface area contributed by atoms with Crippen molar-refractivity contribution in [3.63, 3.8) is 0 Å². The van der Waals surface area contributed by atoms with Gasteiger partial charge in [-0.1, -0.05) is 31.9 Å². The normalized spacial score (nSPS) is 12.7. The third-order valence-corrected chi connectivity index (χ3v) is 6.30. The minimum absolute atomic E-state index is 0.341. The quantitative estimate of drug-likeness (QED) is 0.764. The minimum atomic E-state index is -4.04. The highest BCUT2D eigenvalue weighted by atomic mass is 79.9. The van der Waals surface area contributed by atoms with Gasteiger partial charge in [0.2, 0.25) is 10.0 Å². The van der Waals surface area contributed by atoms with Crippen LogP contribution in [0, 0.1) is 11.6 Å². The Balaban J connectivity index is 3.15. The first-order chi connectivity index (χ1) is 8.24. The molecule has 1 N–H and O–H groups in total. The molecular formula is C10H11Br2F2NO2S. The number of hydrogen-bond acceptors (Lipinski definition) is 2. The number of hydrogen-bond donors (Lipinski definition) is 1. The molecule has 1 rings (SSSR count). The van der Waals surface area contributed by atoms with Gasteiger partial charge in [0.05, 0.1) is 0 Å². The summed E-state index contributed by atoms with van der Waals surface area (Å²) >= 11 is 6.35. The van der Waals surface area contributed by atoms with Crippen LogP contribution in [0.25, 0.3) is 0 Å². The van der Waals surface area contributed by atoms with E-state index in [0.717, 1.165) is 12.1 Å². The summed E-state index contributed by atoms with van der Waals surface area (Å²) in [6.07, 6.45) is 0. The number of nitrogens with one attached hydrogen (secondary N) is 1. The number of halogens is 4. The van der Waals surface area contributed by atoms with Crippen LogP contribution in [0.4, 0.5) is 8.78 Å².